The number of carbonyl (C=O) groups excluding carboxylic acids is 3. The zero-order chi connectivity index (χ0) is 29.3. The summed E-state index contributed by atoms with van der Waals surface area (Å²) in [5.74, 6) is -0.382. The van der Waals surface area contributed by atoms with Crippen LogP contribution in [0, 0.1) is 22.7 Å². The standard InChI is InChI=1S/C34H54O4/c1-23(2)13-12-19-33(11,22-29(35)27(9)10)28(16-14-24(3)4)21-34(20-18-26(7)8)31(36)30(38-32(34)37)17-15-25(5)6/h13-15,18,27-28,30H,12,16-17,19-22H2,1-11H3/t28-,30+,33-,34-/m0/s1. The van der Waals surface area contributed by atoms with Gasteiger partial charge >= 0.3 is 5.97 Å². The molecule has 1 saturated heterocycles. The van der Waals surface area contributed by atoms with Gasteiger partial charge in [0.25, 0.3) is 0 Å². The van der Waals surface area contributed by atoms with Crippen molar-refractivity contribution in [3.63, 3.8) is 0 Å². The normalized spacial score (nSPS) is 21.3. The van der Waals surface area contributed by atoms with Crippen LogP contribution in [-0.2, 0) is 19.1 Å². The van der Waals surface area contributed by atoms with Crippen molar-refractivity contribution in [1.82, 2.24) is 0 Å². The maximum atomic E-state index is 14.0. The number of allylic oxidation sites excluding steroid dienone is 7. The fraction of sp³-hybridized carbons (Fsp3) is 0.676. The number of cyclic esters (lactones) is 1. The summed E-state index contributed by atoms with van der Waals surface area (Å²) in [5.41, 5.74) is 3.01. The van der Waals surface area contributed by atoms with E-state index in [0.29, 0.717) is 25.7 Å². The summed E-state index contributed by atoms with van der Waals surface area (Å²) in [6.45, 7) is 22.4. The minimum absolute atomic E-state index is 0.0325. The molecule has 4 heteroatoms. The van der Waals surface area contributed by atoms with Crippen LogP contribution in [0.15, 0.2) is 46.6 Å². The van der Waals surface area contributed by atoms with E-state index in [1.54, 1.807) is 0 Å². The second kappa shape index (κ2) is 14.8. The van der Waals surface area contributed by atoms with E-state index in [1.165, 1.54) is 11.1 Å². The predicted molar refractivity (Wildman–Crippen MR) is 159 cm³/mol. The number of carbonyl (C=O) groups is 3. The molecule has 0 N–H and O–H groups in total. The molecule has 0 aromatic rings. The quantitative estimate of drug-likeness (QED) is 0.121. The fourth-order valence-corrected chi connectivity index (χ4v) is 5.17. The summed E-state index contributed by atoms with van der Waals surface area (Å²) in [5, 5.41) is 0. The fourth-order valence-electron chi connectivity index (χ4n) is 5.17. The van der Waals surface area contributed by atoms with Crippen LogP contribution in [0.5, 0.6) is 0 Å². The van der Waals surface area contributed by atoms with Gasteiger partial charge in [-0.15, -0.1) is 0 Å². The molecule has 1 aliphatic heterocycles. The summed E-state index contributed by atoms with van der Waals surface area (Å²) in [7, 11) is 0. The number of Topliss-reactive ketones (excluding diaryl/α,β-unsaturated/α-hetero) is 2. The summed E-state index contributed by atoms with van der Waals surface area (Å²) < 4.78 is 5.79. The molecule has 1 heterocycles. The van der Waals surface area contributed by atoms with Gasteiger partial charge in [0.1, 0.15) is 11.2 Å². The van der Waals surface area contributed by atoms with Gasteiger partial charge in [-0.2, -0.15) is 0 Å². The second-order valence-corrected chi connectivity index (χ2v) is 13.0. The second-order valence-electron chi connectivity index (χ2n) is 13.0. The smallest absolute Gasteiger partial charge is 0.320 e. The van der Waals surface area contributed by atoms with Gasteiger partial charge in [0.2, 0.25) is 0 Å². The third-order valence-corrected chi connectivity index (χ3v) is 7.88. The topological polar surface area (TPSA) is 60.4 Å². The van der Waals surface area contributed by atoms with Gasteiger partial charge in [-0.25, -0.2) is 0 Å². The Bertz CT molecular complexity index is 960. The van der Waals surface area contributed by atoms with Crippen molar-refractivity contribution in [1.29, 1.82) is 0 Å². The lowest BCUT2D eigenvalue weighted by Gasteiger charge is -2.41. The summed E-state index contributed by atoms with van der Waals surface area (Å²) in [6, 6.07) is 0. The lowest BCUT2D eigenvalue weighted by Crippen LogP contribution is -2.41. The van der Waals surface area contributed by atoms with Crippen LogP contribution in [0.4, 0.5) is 0 Å². The predicted octanol–water partition coefficient (Wildman–Crippen LogP) is 8.91. The Morgan fingerprint density at radius 1 is 0.895 bits per heavy atom. The Hall–Kier alpha value is -2.23. The third kappa shape index (κ3) is 9.82. The van der Waals surface area contributed by atoms with E-state index in [-0.39, 0.29) is 28.8 Å². The molecule has 4 atom stereocenters. The molecule has 1 aliphatic rings. The molecule has 1 rings (SSSR count). The van der Waals surface area contributed by atoms with Crippen molar-refractivity contribution in [2.45, 2.75) is 127 Å². The minimum atomic E-state index is -1.23. The molecule has 4 nitrogen and oxygen atoms in total. The van der Waals surface area contributed by atoms with Crippen LogP contribution in [0.3, 0.4) is 0 Å². The highest BCUT2D eigenvalue weighted by molar-refractivity contribution is 6.11. The van der Waals surface area contributed by atoms with Crippen LogP contribution in [0.1, 0.15) is 121 Å². The van der Waals surface area contributed by atoms with Gasteiger partial charge in [0, 0.05) is 18.8 Å². The molecular formula is C34H54O4. The number of ketones is 2. The summed E-state index contributed by atoms with van der Waals surface area (Å²) in [4.78, 5) is 40.8. The Labute approximate surface area is 233 Å². The maximum Gasteiger partial charge on any atom is 0.320 e. The van der Waals surface area contributed by atoms with Crippen molar-refractivity contribution in [3.8, 4) is 0 Å². The Morgan fingerprint density at radius 3 is 1.95 bits per heavy atom. The SMILES string of the molecule is CC(C)=CCC[C@@](C)(CC(=O)C(C)C)[C@@H](CC=C(C)C)C[C@]1(CC=C(C)C)C(=O)O[C@H](CC=C(C)C)C1=O. The first-order valence-electron chi connectivity index (χ1n) is 14.4. The van der Waals surface area contributed by atoms with Crippen LogP contribution in [0.2, 0.25) is 0 Å². The summed E-state index contributed by atoms with van der Waals surface area (Å²) in [6.07, 6.45) is 11.6. The van der Waals surface area contributed by atoms with Crippen molar-refractivity contribution in [3.05, 3.63) is 46.6 Å². The van der Waals surface area contributed by atoms with Crippen LogP contribution in [-0.4, -0.2) is 23.6 Å². The molecule has 0 aromatic heterocycles. The van der Waals surface area contributed by atoms with Gasteiger partial charge in [0.05, 0.1) is 0 Å². The van der Waals surface area contributed by atoms with Crippen molar-refractivity contribution in [2.75, 3.05) is 0 Å². The van der Waals surface area contributed by atoms with Gasteiger partial charge in [-0.3, -0.25) is 14.4 Å². The molecule has 0 bridgehead atoms. The number of ether oxygens (including phenoxy) is 1. The molecular weight excluding hydrogens is 472 g/mol. The van der Waals surface area contributed by atoms with Crippen LogP contribution < -0.4 is 0 Å². The molecule has 0 saturated carbocycles. The lowest BCUT2D eigenvalue weighted by atomic mass is 9.61. The molecule has 0 unspecified atom stereocenters. The highest BCUT2D eigenvalue weighted by Crippen LogP contribution is 2.50. The lowest BCUT2D eigenvalue weighted by molar-refractivity contribution is -0.150. The van der Waals surface area contributed by atoms with Gasteiger partial charge < -0.3 is 4.74 Å². The number of hydrogen-bond donors (Lipinski definition) is 0. The number of rotatable bonds is 15. The Morgan fingerprint density at radius 2 is 1.45 bits per heavy atom. The van der Waals surface area contributed by atoms with Crippen molar-refractivity contribution in [2.24, 2.45) is 22.7 Å². The van der Waals surface area contributed by atoms with E-state index in [4.69, 9.17) is 4.74 Å². The van der Waals surface area contributed by atoms with Crippen LogP contribution >= 0.6 is 0 Å². The van der Waals surface area contributed by atoms with E-state index in [2.05, 4.69) is 46.8 Å². The average molecular weight is 527 g/mol. The van der Waals surface area contributed by atoms with Gasteiger partial charge in [-0.05, 0) is 98.8 Å². The molecule has 0 aromatic carbocycles. The van der Waals surface area contributed by atoms with Crippen molar-refractivity contribution >= 4 is 17.5 Å². The first-order valence-corrected chi connectivity index (χ1v) is 14.4. The average Bonchev–Trinajstić information content (AvgIpc) is 3.02. The van der Waals surface area contributed by atoms with E-state index in [1.807, 2.05) is 53.7 Å². The number of esters is 1. The first kappa shape index (κ1) is 33.8. The Balaban J connectivity index is 3.66. The summed E-state index contributed by atoms with van der Waals surface area (Å²) >= 11 is 0. The van der Waals surface area contributed by atoms with E-state index < -0.39 is 17.5 Å². The minimum Gasteiger partial charge on any atom is -0.453 e. The highest BCUT2D eigenvalue weighted by atomic mass is 16.6. The third-order valence-electron chi connectivity index (χ3n) is 7.88. The van der Waals surface area contributed by atoms with E-state index in [0.717, 1.165) is 30.4 Å². The molecule has 0 radical (unpaired) electrons. The van der Waals surface area contributed by atoms with Gasteiger partial charge in [0.15, 0.2) is 11.9 Å². The highest BCUT2D eigenvalue weighted by Gasteiger charge is 2.58. The number of hydrogen-bond acceptors (Lipinski definition) is 4. The zero-order valence-corrected chi connectivity index (χ0v) is 26.1. The molecule has 0 amide bonds. The molecule has 0 aliphatic carbocycles. The van der Waals surface area contributed by atoms with E-state index in [9.17, 15) is 14.4 Å². The van der Waals surface area contributed by atoms with Gasteiger partial charge in [-0.1, -0.05) is 67.4 Å². The van der Waals surface area contributed by atoms with Crippen molar-refractivity contribution < 1.29 is 19.1 Å². The molecule has 214 valence electrons. The molecule has 38 heavy (non-hydrogen) atoms. The van der Waals surface area contributed by atoms with E-state index >= 15 is 0 Å². The maximum absolute atomic E-state index is 14.0. The zero-order valence-electron chi connectivity index (χ0n) is 26.1. The largest absolute Gasteiger partial charge is 0.453 e. The monoisotopic (exact) mass is 526 g/mol. The molecule has 0 spiro atoms. The molecule has 1 fully saturated rings. The van der Waals surface area contributed by atoms with Crippen LogP contribution in [0.25, 0.3) is 0 Å². The first-order chi connectivity index (χ1) is 17.5. The Kier molecular flexibility index (Phi) is 13.2.